The van der Waals surface area contributed by atoms with Crippen LogP contribution in [0.3, 0.4) is 0 Å². The van der Waals surface area contributed by atoms with E-state index >= 15 is 0 Å². The molecule has 2 unspecified atom stereocenters. The Labute approximate surface area is 141 Å². The van der Waals surface area contributed by atoms with Crippen molar-refractivity contribution in [3.63, 3.8) is 0 Å². The van der Waals surface area contributed by atoms with E-state index in [0.717, 1.165) is 24.9 Å². The van der Waals surface area contributed by atoms with Crippen LogP contribution in [-0.2, 0) is 4.79 Å². The Morgan fingerprint density at radius 2 is 2.09 bits per heavy atom. The van der Waals surface area contributed by atoms with Crippen molar-refractivity contribution in [3.8, 4) is 11.4 Å². The van der Waals surface area contributed by atoms with Crippen LogP contribution in [0.4, 0.5) is 0 Å². The van der Waals surface area contributed by atoms with Crippen LogP contribution in [0.1, 0.15) is 25.8 Å². The van der Waals surface area contributed by atoms with E-state index in [-0.39, 0.29) is 24.4 Å². The number of aromatic nitrogens is 4. The molecule has 1 fully saturated rings. The van der Waals surface area contributed by atoms with Crippen LogP contribution in [0.5, 0.6) is 0 Å². The number of halogens is 1. The van der Waals surface area contributed by atoms with E-state index in [9.17, 15) is 4.79 Å². The Kier molecular flexibility index (Phi) is 5.68. The van der Waals surface area contributed by atoms with Crippen LogP contribution in [0, 0.1) is 0 Å². The van der Waals surface area contributed by atoms with E-state index in [1.165, 1.54) is 4.80 Å². The summed E-state index contributed by atoms with van der Waals surface area (Å²) in [5.74, 6) is 0.516. The van der Waals surface area contributed by atoms with E-state index in [4.69, 9.17) is 5.73 Å². The third-order valence-electron chi connectivity index (χ3n) is 3.93. The molecule has 1 aromatic heterocycles. The summed E-state index contributed by atoms with van der Waals surface area (Å²) in [5, 5.41) is 12.4. The van der Waals surface area contributed by atoms with Gasteiger partial charge in [-0.25, -0.2) is 0 Å². The summed E-state index contributed by atoms with van der Waals surface area (Å²) in [6, 6.07) is 9.18. The van der Waals surface area contributed by atoms with Gasteiger partial charge in [0.1, 0.15) is 6.04 Å². The predicted octanol–water partition coefficient (Wildman–Crippen LogP) is 1.27. The van der Waals surface area contributed by atoms with Crippen molar-refractivity contribution >= 4 is 18.3 Å². The van der Waals surface area contributed by atoms with Gasteiger partial charge in [0, 0.05) is 24.7 Å². The quantitative estimate of drug-likeness (QED) is 0.911. The number of hydrogen-bond donors (Lipinski definition) is 1. The highest BCUT2D eigenvalue weighted by molar-refractivity contribution is 5.85. The molecule has 0 spiro atoms. The smallest absolute Gasteiger partial charge is 0.249 e. The fraction of sp³-hybridized carbons (Fsp3) is 0.467. The number of hydrogen-bond acceptors (Lipinski definition) is 5. The lowest BCUT2D eigenvalue weighted by molar-refractivity contribution is -0.136. The van der Waals surface area contributed by atoms with E-state index in [2.05, 4.69) is 15.4 Å². The van der Waals surface area contributed by atoms with Gasteiger partial charge in [-0.2, -0.15) is 4.80 Å². The maximum atomic E-state index is 12.5. The van der Waals surface area contributed by atoms with E-state index in [1.807, 2.05) is 30.3 Å². The summed E-state index contributed by atoms with van der Waals surface area (Å²) in [5.41, 5.74) is 6.82. The Hall–Kier alpha value is -1.99. The number of carbonyl (C=O) groups excluding carboxylic acids is 1. The first kappa shape index (κ1) is 17.4. The molecule has 7 nitrogen and oxygen atoms in total. The van der Waals surface area contributed by atoms with Crippen molar-refractivity contribution in [2.45, 2.75) is 31.8 Å². The largest absolute Gasteiger partial charge is 0.339 e. The zero-order valence-corrected chi connectivity index (χ0v) is 13.8. The van der Waals surface area contributed by atoms with E-state index in [0.29, 0.717) is 12.4 Å². The second-order valence-electron chi connectivity index (χ2n) is 5.66. The molecule has 0 radical (unpaired) electrons. The summed E-state index contributed by atoms with van der Waals surface area (Å²) in [6.07, 6.45) is 1.91. The molecule has 1 amide bonds. The molecule has 124 valence electrons. The minimum atomic E-state index is -0.477. The molecule has 2 aromatic rings. The van der Waals surface area contributed by atoms with Gasteiger partial charge in [0.25, 0.3) is 0 Å². The lowest BCUT2D eigenvalue weighted by Gasteiger charge is -2.32. The number of nitrogens with two attached hydrogens (primary N) is 1. The predicted molar refractivity (Wildman–Crippen MR) is 89.0 cm³/mol. The standard InChI is InChI=1S/C15H20N6O.ClH/c1-11(15(22)20-9-5-8-13(16)10-20)21-18-14(17-19-21)12-6-3-2-4-7-12;/h2-4,6-7,11,13H,5,8-10,16H2,1H3;1H. The molecule has 0 bridgehead atoms. The summed E-state index contributed by atoms with van der Waals surface area (Å²) in [6.45, 7) is 3.14. The maximum Gasteiger partial charge on any atom is 0.249 e. The zero-order chi connectivity index (χ0) is 15.5. The Morgan fingerprint density at radius 1 is 1.35 bits per heavy atom. The van der Waals surface area contributed by atoms with Crippen LogP contribution in [0.25, 0.3) is 11.4 Å². The van der Waals surface area contributed by atoms with Crippen molar-refractivity contribution in [1.29, 1.82) is 0 Å². The van der Waals surface area contributed by atoms with Crippen molar-refractivity contribution in [3.05, 3.63) is 30.3 Å². The third kappa shape index (κ3) is 3.86. The van der Waals surface area contributed by atoms with Gasteiger partial charge in [-0.05, 0) is 25.0 Å². The fourth-order valence-electron chi connectivity index (χ4n) is 2.67. The second kappa shape index (κ2) is 7.52. The molecule has 1 aliphatic heterocycles. The molecule has 0 aliphatic carbocycles. The van der Waals surface area contributed by atoms with Gasteiger partial charge in [-0.15, -0.1) is 22.6 Å². The molecule has 23 heavy (non-hydrogen) atoms. The third-order valence-corrected chi connectivity index (χ3v) is 3.93. The molecular weight excluding hydrogens is 316 g/mol. The normalized spacial score (nSPS) is 19.0. The van der Waals surface area contributed by atoms with Crippen molar-refractivity contribution in [2.24, 2.45) is 5.73 Å². The lowest BCUT2D eigenvalue weighted by atomic mass is 10.1. The van der Waals surface area contributed by atoms with Crippen LogP contribution in [-0.4, -0.2) is 50.1 Å². The molecule has 1 aromatic carbocycles. The zero-order valence-electron chi connectivity index (χ0n) is 13.0. The molecule has 0 saturated carbocycles. The van der Waals surface area contributed by atoms with Gasteiger partial charge in [-0.3, -0.25) is 4.79 Å². The second-order valence-corrected chi connectivity index (χ2v) is 5.66. The first-order chi connectivity index (χ1) is 10.6. The first-order valence-corrected chi connectivity index (χ1v) is 7.54. The highest BCUT2D eigenvalue weighted by atomic mass is 35.5. The maximum absolute atomic E-state index is 12.5. The number of piperidine rings is 1. The molecule has 2 atom stereocenters. The van der Waals surface area contributed by atoms with Gasteiger partial charge in [-0.1, -0.05) is 30.3 Å². The lowest BCUT2D eigenvalue weighted by Crippen LogP contribution is -2.47. The molecule has 8 heteroatoms. The van der Waals surface area contributed by atoms with Crippen molar-refractivity contribution in [2.75, 3.05) is 13.1 Å². The van der Waals surface area contributed by atoms with Crippen LogP contribution < -0.4 is 5.73 Å². The highest BCUT2D eigenvalue weighted by Gasteiger charge is 2.27. The van der Waals surface area contributed by atoms with Crippen LogP contribution >= 0.6 is 12.4 Å². The van der Waals surface area contributed by atoms with E-state index < -0.39 is 6.04 Å². The summed E-state index contributed by atoms with van der Waals surface area (Å²) >= 11 is 0. The number of amides is 1. The Bertz CT molecular complexity index is 646. The molecule has 1 aliphatic rings. The topological polar surface area (TPSA) is 89.9 Å². The summed E-state index contributed by atoms with van der Waals surface area (Å²) < 4.78 is 0. The van der Waals surface area contributed by atoms with E-state index in [1.54, 1.807) is 11.8 Å². The number of benzene rings is 1. The average Bonchev–Trinajstić information content (AvgIpc) is 3.04. The van der Waals surface area contributed by atoms with Crippen molar-refractivity contribution in [1.82, 2.24) is 25.1 Å². The molecule has 1 saturated heterocycles. The number of carbonyl (C=O) groups is 1. The van der Waals surface area contributed by atoms with Gasteiger partial charge >= 0.3 is 0 Å². The number of tetrazole rings is 1. The number of nitrogens with zero attached hydrogens (tertiary/aromatic N) is 5. The van der Waals surface area contributed by atoms with Gasteiger partial charge < -0.3 is 10.6 Å². The minimum Gasteiger partial charge on any atom is -0.339 e. The minimum absolute atomic E-state index is 0. The Morgan fingerprint density at radius 3 is 2.78 bits per heavy atom. The molecule has 2 N–H and O–H groups in total. The van der Waals surface area contributed by atoms with Crippen LogP contribution in [0.2, 0.25) is 0 Å². The fourth-order valence-corrected chi connectivity index (χ4v) is 2.67. The van der Waals surface area contributed by atoms with Gasteiger partial charge in [0.2, 0.25) is 11.7 Å². The Balaban J connectivity index is 0.00000192. The monoisotopic (exact) mass is 336 g/mol. The summed E-state index contributed by atoms with van der Waals surface area (Å²) in [7, 11) is 0. The first-order valence-electron chi connectivity index (χ1n) is 7.54. The number of rotatable bonds is 3. The SMILES string of the molecule is CC(C(=O)N1CCCC(N)C1)n1nnc(-c2ccccc2)n1.Cl. The number of likely N-dealkylation sites (tertiary alicyclic amines) is 1. The molecule has 3 rings (SSSR count). The van der Waals surface area contributed by atoms with Crippen molar-refractivity contribution < 1.29 is 4.79 Å². The summed E-state index contributed by atoms with van der Waals surface area (Å²) in [4.78, 5) is 15.7. The van der Waals surface area contributed by atoms with Gasteiger partial charge in [0.05, 0.1) is 0 Å². The molecular formula is C15H21ClN6O. The molecule has 2 heterocycles. The van der Waals surface area contributed by atoms with Gasteiger partial charge in [0.15, 0.2) is 0 Å². The highest BCUT2D eigenvalue weighted by Crippen LogP contribution is 2.16. The van der Waals surface area contributed by atoms with Crippen LogP contribution in [0.15, 0.2) is 30.3 Å². The average molecular weight is 337 g/mol.